The van der Waals surface area contributed by atoms with Crippen LogP contribution in [0.3, 0.4) is 0 Å². The Bertz CT molecular complexity index is 1260. The fraction of sp³-hybridized carbons (Fsp3) is 0.956. The van der Waals surface area contributed by atoms with Crippen LogP contribution < -0.4 is 5.32 Å². The number of nitrogens with one attached hydrogen (secondary N) is 1. The summed E-state index contributed by atoms with van der Waals surface area (Å²) >= 11 is 0. The van der Waals surface area contributed by atoms with Gasteiger partial charge in [0.2, 0.25) is 5.91 Å². The molecule has 0 aliphatic carbocycles. The first-order chi connectivity index (χ1) is 37.5. The van der Waals surface area contributed by atoms with E-state index < -0.39 is 20.0 Å². The predicted octanol–water partition coefficient (Wildman–Crippen LogP) is 21.7. The van der Waals surface area contributed by atoms with E-state index in [4.69, 9.17) is 9.05 Å². The number of carbonyl (C=O) groups is 1. The van der Waals surface area contributed by atoms with Crippen molar-refractivity contribution >= 4 is 13.7 Å². The molecule has 77 heavy (non-hydrogen) atoms. The van der Waals surface area contributed by atoms with Gasteiger partial charge in [-0.2, -0.15) is 0 Å². The largest absolute Gasteiger partial charge is 0.472 e. The minimum atomic E-state index is -4.32. The summed E-state index contributed by atoms with van der Waals surface area (Å²) in [6, 6.07) is -0.757. The average Bonchev–Trinajstić information content (AvgIpc) is 3.39. The zero-order valence-electron chi connectivity index (χ0n) is 52.7. The van der Waals surface area contributed by atoms with Crippen LogP contribution in [0, 0.1) is 0 Å². The summed E-state index contributed by atoms with van der Waals surface area (Å²) < 4.78 is 23.9. The van der Waals surface area contributed by atoms with Gasteiger partial charge in [-0.3, -0.25) is 13.8 Å². The van der Waals surface area contributed by atoms with Gasteiger partial charge < -0.3 is 19.8 Å². The Morgan fingerprint density at radius 1 is 0.429 bits per heavy atom. The first-order valence-corrected chi connectivity index (χ1v) is 36.0. The molecule has 3 unspecified atom stereocenters. The minimum Gasteiger partial charge on any atom is -0.391 e. The third-order valence-electron chi connectivity index (χ3n) is 16.3. The van der Waals surface area contributed by atoms with Crippen LogP contribution in [0.5, 0.6) is 0 Å². The van der Waals surface area contributed by atoms with Crippen molar-refractivity contribution in [1.29, 1.82) is 0 Å². The fourth-order valence-electron chi connectivity index (χ4n) is 10.9. The first-order valence-electron chi connectivity index (χ1n) is 34.6. The number of allylic oxidation sites excluding steroid dienone is 2. The molecule has 0 aromatic rings. The van der Waals surface area contributed by atoms with Crippen LogP contribution in [-0.2, 0) is 18.4 Å². The van der Waals surface area contributed by atoms with Gasteiger partial charge in [0.1, 0.15) is 13.2 Å². The van der Waals surface area contributed by atoms with Crippen LogP contribution in [0.15, 0.2) is 12.2 Å². The van der Waals surface area contributed by atoms with E-state index in [0.29, 0.717) is 23.9 Å². The van der Waals surface area contributed by atoms with Gasteiger partial charge in [0, 0.05) is 6.42 Å². The number of aliphatic hydroxyl groups is 1. The third kappa shape index (κ3) is 62.7. The molecular weight excluding hydrogens is 972 g/mol. The lowest BCUT2D eigenvalue weighted by molar-refractivity contribution is -0.870. The summed E-state index contributed by atoms with van der Waals surface area (Å²) in [5.41, 5.74) is 0. The molecule has 0 spiro atoms. The zero-order valence-corrected chi connectivity index (χ0v) is 53.6. The van der Waals surface area contributed by atoms with Crippen molar-refractivity contribution in [2.45, 2.75) is 379 Å². The second kappa shape index (κ2) is 59.8. The smallest absolute Gasteiger partial charge is 0.391 e. The van der Waals surface area contributed by atoms with Gasteiger partial charge in [-0.1, -0.05) is 334 Å². The standard InChI is InChI=1S/C68H137N2O6P/c1-6-8-10-12-14-16-18-20-22-24-26-28-29-30-31-32-33-34-35-36-37-38-39-40-41-42-44-46-48-50-52-54-56-58-60-62-68(72)69-66(65-76-77(73,74)75-64-63-70(3,4)5)67(71)61-59-57-55-53-51-49-47-45-43-27-25-23-21-19-17-15-13-11-9-7-2/h24,26,66-67,71H,6-23,25,27-65H2,1-5H3,(H-,69,72,73,74)/p+1/b26-24-. The van der Waals surface area contributed by atoms with Gasteiger partial charge in [0.25, 0.3) is 0 Å². The second-order valence-electron chi connectivity index (χ2n) is 25.3. The van der Waals surface area contributed by atoms with Crippen molar-refractivity contribution in [3.8, 4) is 0 Å². The lowest BCUT2D eigenvalue weighted by atomic mass is 10.0. The molecule has 0 rings (SSSR count). The number of unbranched alkanes of at least 4 members (excludes halogenated alkanes) is 50. The number of nitrogens with zero attached hydrogens (tertiary/aromatic N) is 1. The quantitative estimate of drug-likeness (QED) is 0.0243. The van der Waals surface area contributed by atoms with Crippen molar-refractivity contribution in [2.75, 3.05) is 40.9 Å². The molecule has 0 radical (unpaired) electrons. The van der Waals surface area contributed by atoms with E-state index >= 15 is 0 Å². The SMILES string of the molecule is CCCCCCCCCC/C=C\CCCCCCCCCCCCCCCCCCCCCCCCCC(=O)NC(COP(=O)(O)OCC[N+](C)(C)C)C(O)CCCCCCCCCCCCCCCCCCCCCC. The molecule has 0 saturated carbocycles. The molecule has 0 aromatic heterocycles. The van der Waals surface area contributed by atoms with Crippen LogP contribution in [0.4, 0.5) is 0 Å². The highest BCUT2D eigenvalue weighted by Crippen LogP contribution is 2.43. The first kappa shape index (κ1) is 76.2. The number of hydrogen-bond donors (Lipinski definition) is 3. The van der Waals surface area contributed by atoms with E-state index in [9.17, 15) is 19.4 Å². The Kier molecular flexibility index (Phi) is 59.3. The third-order valence-corrected chi connectivity index (χ3v) is 17.2. The Balaban J connectivity index is 3.94. The maximum Gasteiger partial charge on any atom is 0.472 e. The fourth-order valence-corrected chi connectivity index (χ4v) is 11.6. The van der Waals surface area contributed by atoms with Gasteiger partial charge in [-0.25, -0.2) is 4.57 Å². The van der Waals surface area contributed by atoms with E-state index in [1.807, 2.05) is 21.1 Å². The molecule has 3 atom stereocenters. The monoisotopic (exact) mass is 1110 g/mol. The van der Waals surface area contributed by atoms with Gasteiger partial charge in [0.05, 0.1) is 39.9 Å². The molecule has 0 heterocycles. The number of hydrogen-bond acceptors (Lipinski definition) is 5. The molecule has 1 amide bonds. The molecule has 0 saturated heterocycles. The summed E-state index contributed by atoms with van der Waals surface area (Å²) in [4.78, 5) is 23.4. The number of amides is 1. The molecule has 3 N–H and O–H groups in total. The van der Waals surface area contributed by atoms with Crippen LogP contribution in [-0.4, -0.2) is 73.4 Å². The number of phosphoric ester groups is 1. The van der Waals surface area contributed by atoms with Crippen molar-refractivity contribution in [3.63, 3.8) is 0 Å². The van der Waals surface area contributed by atoms with E-state index in [-0.39, 0.29) is 19.1 Å². The van der Waals surface area contributed by atoms with Crippen LogP contribution in [0.2, 0.25) is 0 Å². The number of likely N-dealkylation sites (N-methyl/N-ethyl adjacent to an activating group) is 1. The van der Waals surface area contributed by atoms with Gasteiger partial charge >= 0.3 is 7.82 Å². The minimum absolute atomic E-state index is 0.0785. The van der Waals surface area contributed by atoms with E-state index in [2.05, 4.69) is 31.3 Å². The van der Waals surface area contributed by atoms with Gasteiger partial charge in [-0.05, 0) is 38.5 Å². The molecular formula is C68H138N2O6P+. The highest BCUT2D eigenvalue weighted by Gasteiger charge is 2.28. The predicted molar refractivity (Wildman–Crippen MR) is 337 cm³/mol. The summed E-state index contributed by atoms with van der Waals surface area (Å²) in [6.45, 7) is 4.95. The van der Waals surface area contributed by atoms with Crippen molar-refractivity contribution in [3.05, 3.63) is 12.2 Å². The number of quaternary nitrogens is 1. The Hall–Kier alpha value is -0.760. The summed E-state index contributed by atoms with van der Waals surface area (Å²) in [5, 5.41) is 14.1. The molecule has 0 bridgehead atoms. The van der Waals surface area contributed by atoms with E-state index in [1.165, 1.54) is 302 Å². The van der Waals surface area contributed by atoms with E-state index in [0.717, 1.165) is 38.5 Å². The second-order valence-corrected chi connectivity index (χ2v) is 26.7. The Labute approximate surface area is 482 Å². The van der Waals surface area contributed by atoms with Gasteiger partial charge in [0.15, 0.2) is 0 Å². The normalized spacial score (nSPS) is 13.7. The molecule has 8 nitrogen and oxygen atoms in total. The number of carbonyl (C=O) groups excluding carboxylic acids is 1. The van der Waals surface area contributed by atoms with Crippen LogP contribution in [0.1, 0.15) is 367 Å². The molecule has 460 valence electrons. The topological polar surface area (TPSA) is 105 Å². The lowest BCUT2D eigenvalue weighted by Gasteiger charge is -2.26. The van der Waals surface area contributed by atoms with Crippen molar-refractivity contribution in [1.82, 2.24) is 5.32 Å². The van der Waals surface area contributed by atoms with Gasteiger partial charge in [-0.15, -0.1) is 0 Å². The molecule has 0 aliphatic heterocycles. The summed E-state index contributed by atoms with van der Waals surface area (Å²) in [6.07, 6.45) is 76.0. The van der Waals surface area contributed by atoms with Crippen molar-refractivity contribution < 1.29 is 32.9 Å². The zero-order chi connectivity index (χ0) is 56.3. The highest BCUT2D eigenvalue weighted by molar-refractivity contribution is 7.47. The molecule has 0 fully saturated rings. The number of aliphatic hydroxyl groups excluding tert-OH is 1. The van der Waals surface area contributed by atoms with Crippen LogP contribution >= 0.6 is 7.82 Å². The lowest BCUT2D eigenvalue weighted by Crippen LogP contribution is -2.46. The van der Waals surface area contributed by atoms with E-state index in [1.54, 1.807) is 0 Å². The number of phosphoric acid groups is 1. The van der Waals surface area contributed by atoms with Crippen LogP contribution in [0.25, 0.3) is 0 Å². The summed E-state index contributed by atoms with van der Waals surface area (Å²) in [7, 11) is 1.64. The van der Waals surface area contributed by atoms with Crippen molar-refractivity contribution in [2.24, 2.45) is 0 Å². The highest BCUT2D eigenvalue weighted by atomic mass is 31.2. The number of rotatable bonds is 65. The molecule has 0 aromatic carbocycles. The Morgan fingerprint density at radius 3 is 1.00 bits per heavy atom. The average molecular weight is 1110 g/mol. The Morgan fingerprint density at radius 2 is 0.701 bits per heavy atom. The molecule has 0 aliphatic rings. The maximum atomic E-state index is 13.1. The maximum absolute atomic E-state index is 13.1. The molecule has 9 heteroatoms. The summed E-state index contributed by atoms with van der Waals surface area (Å²) in [5.74, 6) is -0.135.